The number of hydrogen-bond acceptors (Lipinski definition) is 4. The van der Waals surface area contributed by atoms with Crippen LogP contribution >= 0.6 is 0 Å². The Kier molecular flexibility index (Phi) is 7.96. The fraction of sp³-hybridized carbons (Fsp3) is 0.682. The molecule has 1 aliphatic heterocycles. The van der Waals surface area contributed by atoms with Gasteiger partial charge in [-0.3, -0.25) is 14.6 Å². The molecule has 27 heavy (non-hydrogen) atoms. The van der Waals surface area contributed by atoms with Crippen molar-refractivity contribution >= 4 is 5.91 Å². The molecule has 5 nitrogen and oxygen atoms in total. The second kappa shape index (κ2) is 10.7. The standard InChI is InChI=1S/C22H35N3O2/c1-2-27-21-11-9-19(10-12-21)17-24-13-15-25(16-14-24)18-22(26)23-20-7-5-3-4-6-8-20/h9-12,20H,2-8,13-18H2,1H3,(H,23,26). The van der Waals surface area contributed by atoms with Crippen molar-refractivity contribution in [2.75, 3.05) is 39.3 Å². The molecule has 5 heteroatoms. The molecule has 3 rings (SSSR count). The molecule has 2 aliphatic rings. The summed E-state index contributed by atoms with van der Waals surface area (Å²) in [6, 6.07) is 8.80. The zero-order valence-corrected chi connectivity index (χ0v) is 16.8. The summed E-state index contributed by atoms with van der Waals surface area (Å²) in [7, 11) is 0. The van der Waals surface area contributed by atoms with Gasteiger partial charge < -0.3 is 10.1 Å². The zero-order chi connectivity index (χ0) is 18.9. The van der Waals surface area contributed by atoms with Gasteiger partial charge in [0.25, 0.3) is 0 Å². The number of carbonyl (C=O) groups is 1. The van der Waals surface area contributed by atoms with Crippen molar-refractivity contribution in [1.29, 1.82) is 0 Å². The van der Waals surface area contributed by atoms with Gasteiger partial charge in [0, 0.05) is 38.8 Å². The minimum Gasteiger partial charge on any atom is -0.494 e. The van der Waals surface area contributed by atoms with E-state index in [0.717, 1.165) is 51.3 Å². The monoisotopic (exact) mass is 373 g/mol. The smallest absolute Gasteiger partial charge is 0.234 e. The summed E-state index contributed by atoms with van der Waals surface area (Å²) in [5, 5.41) is 3.27. The average Bonchev–Trinajstić information content (AvgIpc) is 2.94. The van der Waals surface area contributed by atoms with Crippen LogP contribution in [0.4, 0.5) is 0 Å². The minimum atomic E-state index is 0.210. The van der Waals surface area contributed by atoms with Crippen LogP contribution in [0.15, 0.2) is 24.3 Å². The Hall–Kier alpha value is -1.59. The van der Waals surface area contributed by atoms with E-state index in [1.165, 1.54) is 31.2 Å². The van der Waals surface area contributed by atoms with E-state index in [-0.39, 0.29) is 5.91 Å². The van der Waals surface area contributed by atoms with Gasteiger partial charge in [-0.05, 0) is 37.5 Å². The topological polar surface area (TPSA) is 44.8 Å². The second-order valence-electron chi connectivity index (χ2n) is 7.89. The van der Waals surface area contributed by atoms with Crippen LogP contribution in [0.1, 0.15) is 51.0 Å². The molecule has 0 spiro atoms. The first-order valence-electron chi connectivity index (χ1n) is 10.7. The summed E-state index contributed by atoms with van der Waals surface area (Å²) in [4.78, 5) is 17.1. The summed E-state index contributed by atoms with van der Waals surface area (Å²) in [6.45, 7) is 8.19. The van der Waals surface area contributed by atoms with E-state index >= 15 is 0 Å². The van der Waals surface area contributed by atoms with Crippen LogP contribution in [0, 0.1) is 0 Å². The minimum absolute atomic E-state index is 0.210. The third kappa shape index (κ3) is 6.82. The van der Waals surface area contributed by atoms with Gasteiger partial charge in [0.1, 0.15) is 5.75 Å². The maximum Gasteiger partial charge on any atom is 0.234 e. The first-order chi connectivity index (χ1) is 13.2. The molecular weight excluding hydrogens is 338 g/mol. The predicted molar refractivity (Wildman–Crippen MR) is 109 cm³/mol. The first-order valence-corrected chi connectivity index (χ1v) is 10.7. The zero-order valence-electron chi connectivity index (χ0n) is 16.8. The van der Waals surface area contributed by atoms with E-state index in [1.807, 2.05) is 19.1 Å². The highest BCUT2D eigenvalue weighted by atomic mass is 16.5. The number of piperazine rings is 1. The summed E-state index contributed by atoms with van der Waals surface area (Å²) >= 11 is 0. The van der Waals surface area contributed by atoms with Crippen molar-refractivity contribution in [2.24, 2.45) is 0 Å². The highest BCUT2D eigenvalue weighted by Gasteiger charge is 2.21. The maximum atomic E-state index is 12.4. The number of ether oxygens (including phenoxy) is 1. The van der Waals surface area contributed by atoms with E-state index in [2.05, 4.69) is 27.2 Å². The van der Waals surface area contributed by atoms with Crippen LogP contribution in [-0.2, 0) is 11.3 Å². The van der Waals surface area contributed by atoms with Gasteiger partial charge in [-0.1, -0.05) is 37.8 Å². The van der Waals surface area contributed by atoms with E-state index < -0.39 is 0 Å². The molecule has 1 amide bonds. The van der Waals surface area contributed by atoms with Gasteiger partial charge in [0.05, 0.1) is 13.2 Å². The first kappa shape index (κ1) is 20.2. The molecule has 0 atom stereocenters. The van der Waals surface area contributed by atoms with Crippen molar-refractivity contribution in [3.05, 3.63) is 29.8 Å². The van der Waals surface area contributed by atoms with Crippen LogP contribution in [0.25, 0.3) is 0 Å². The van der Waals surface area contributed by atoms with Crippen molar-refractivity contribution in [2.45, 2.75) is 58.0 Å². The maximum absolute atomic E-state index is 12.4. The molecular formula is C22H35N3O2. The fourth-order valence-corrected chi connectivity index (χ4v) is 4.12. The third-order valence-electron chi connectivity index (χ3n) is 5.69. The Balaban J connectivity index is 1.36. The van der Waals surface area contributed by atoms with E-state index in [1.54, 1.807) is 0 Å². The molecule has 0 bridgehead atoms. The summed E-state index contributed by atoms with van der Waals surface area (Å²) < 4.78 is 5.50. The molecule has 1 aliphatic carbocycles. The van der Waals surface area contributed by atoms with Crippen molar-refractivity contribution in [3.63, 3.8) is 0 Å². The molecule has 1 aromatic carbocycles. The summed E-state index contributed by atoms with van der Waals surface area (Å²) in [6.07, 6.45) is 7.47. The number of amides is 1. The van der Waals surface area contributed by atoms with Gasteiger partial charge in [0.2, 0.25) is 5.91 Å². The molecule has 1 saturated carbocycles. The Labute approximate surface area is 164 Å². The number of rotatable bonds is 7. The number of nitrogens with one attached hydrogen (secondary N) is 1. The fourth-order valence-electron chi connectivity index (χ4n) is 4.12. The molecule has 150 valence electrons. The largest absolute Gasteiger partial charge is 0.494 e. The van der Waals surface area contributed by atoms with Crippen LogP contribution in [0.2, 0.25) is 0 Å². The van der Waals surface area contributed by atoms with Crippen LogP contribution in [0.5, 0.6) is 5.75 Å². The third-order valence-corrected chi connectivity index (χ3v) is 5.69. The predicted octanol–water partition coefficient (Wildman–Crippen LogP) is 3.04. The van der Waals surface area contributed by atoms with Crippen LogP contribution in [0.3, 0.4) is 0 Å². The molecule has 0 radical (unpaired) electrons. The van der Waals surface area contributed by atoms with Crippen molar-refractivity contribution in [3.8, 4) is 5.75 Å². The molecule has 2 fully saturated rings. The molecule has 1 saturated heterocycles. The Bertz CT molecular complexity index is 559. The normalized spacial score (nSPS) is 20.2. The lowest BCUT2D eigenvalue weighted by Gasteiger charge is -2.34. The molecule has 0 unspecified atom stereocenters. The Morgan fingerprint density at radius 1 is 1.00 bits per heavy atom. The lowest BCUT2D eigenvalue weighted by molar-refractivity contribution is -0.123. The SMILES string of the molecule is CCOc1ccc(CN2CCN(CC(=O)NC3CCCCCC3)CC2)cc1. The van der Waals surface area contributed by atoms with Gasteiger partial charge in [-0.15, -0.1) is 0 Å². The average molecular weight is 374 g/mol. The number of benzene rings is 1. The number of nitrogens with zero attached hydrogens (tertiary/aromatic N) is 2. The van der Waals surface area contributed by atoms with Crippen LogP contribution in [-0.4, -0.2) is 61.1 Å². The highest BCUT2D eigenvalue weighted by Crippen LogP contribution is 2.17. The van der Waals surface area contributed by atoms with Gasteiger partial charge in [0.15, 0.2) is 0 Å². The van der Waals surface area contributed by atoms with E-state index in [4.69, 9.17) is 4.74 Å². The Morgan fingerprint density at radius 3 is 2.26 bits per heavy atom. The summed E-state index contributed by atoms with van der Waals surface area (Å²) in [5.74, 6) is 1.15. The summed E-state index contributed by atoms with van der Waals surface area (Å²) in [5.41, 5.74) is 1.32. The molecule has 1 N–H and O–H groups in total. The molecule has 0 aromatic heterocycles. The van der Waals surface area contributed by atoms with Crippen LogP contribution < -0.4 is 10.1 Å². The quantitative estimate of drug-likeness (QED) is 0.746. The van der Waals surface area contributed by atoms with Crippen molar-refractivity contribution in [1.82, 2.24) is 15.1 Å². The van der Waals surface area contributed by atoms with Crippen molar-refractivity contribution < 1.29 is 9.53 Å². The second-order valence-corrected chi connectivity index (χ2v) is 7.89. The molecule has 1 aromatic rings. The number of carbonyl (C=O) groups excluding carboxylic acids is 1. The van der Waals surface area contributed by atoms with Gasteiger partial charge in [-0.25, -0.2) is 0 Å². The van der Waals surface area contributed by atoms with Gasteiger partial charge >= 0.3 is 0 Å². The highest BCUT2D eigenvalue weighted by molar-refractivity contribution is 5.78. The lowest BCUT2D eigenvalue weighted by Crippen LogP contribution is -2.50. The Morgan fingerprint density at radius 2 is 1.63 bits per heavy atom. The van der Waals surface area contributed by atoms with E-state index in [0.29, 0.717) is 19.2 Å². The van der Waals surface area contributed by atoms with E-state index in [9.17, 15) is 4.79 Å². The molecule has 1 heterocycles. The van der Waals surface area contributed by atoms with Gasteiger partial charge in [-0.2, -0.15) is 0 Å². The lowest BCUT2D eigenvalue weighted by atomic mass is 10.1. The number of hydrogen-bond donors (Lipinski definition) is 1.